The number of nitrogens with zero attached hydrogens (tertiary/aromatic N) is 2. The molecule has 1 aliphatic rings. The Hall–Kier alpha value is -3.26. The van der Waals surface area contributed by atoms with Crippen molar-refractivity contribution in [3.8, 4) is 0 Å². The maximum atomic E-state index is 12.8. The van der Waals surface area contributed by atoms with E-state index in [4.69, 9.17) is 5.73 Å². The molecule has 8 heteroatoms. The van der Waals surface area contributed by atoms with Crippen molar-refractivity contribution in [2.45, 2.75) is 24.9 Å². The van der Waals surface area contributed by atoms with Gasteiger partial charge in [0.25, 0.3) is 11.6 Å². The van der Waals surface area contributed by atoms with Crippen LogP contribution in [0.2, 0.25) is 0 Å². The molecule has 1 fully saturated rings. The first-order valence-corrected chi connectivity index (χ1v) is 9.01. The van der Waals surface area contributed by atoms with Crippen LogP contribution in [0, 0.1) is 10.1 Å². The SMILES string of the molecule is CC(NC(=O)c1cccc([N+](=O)[O-])c1)C(=O)N1C[C@@H](N)[C@H](c2ccccc2)C1. The predicted molar refractivity (Wildman–Crippen MR) is 104 cm³/mol. The number of nitro groups is 1. The minimum Gasteiger partial charge on any atom is -0.341 e. The molecule has 0 aliphatic carbocycles. The molecule has 0 aromatic heterocycles. The first kappa shape index (κ1) is 19.5. The molecule has 146 valence electrons. The Morgan fingerprint density at radius 1 is 1.18 bits per heavy atom. The number of benzene rings is 2. The summed E-state index contributed by atoms with van der Waals surface area (Å²) in [5, 5.41) is 13.5. The molecule has 1 heterocycles. The highest BCUT2D eigenvalue weighted by atomic mass is 16.6. The number of nitro benzene ring substituents is 1. The smallest absolute Gasteiger partial charge is 0.270 e. The summed E-state index contributed by atoms with van der Waals surface area (Å²) in [6.07, 6.45) is 0. The molecule has 1 unspecified atom stereocenters. The quantitative estimate of drug-likeness (QED) is 0.602. The minimum absolute atomic E-state index is 0.0461. The van der Waals surface area contributed by atoms with E-state index in [1.54, 1.807) is 11.8 Å². The summed E-state index contributed by atoms with van der Waals surface area (Å²) < 4.78 is 0. The average Bonchev–Trinajstić information content (AvgIpc) is 3.09. The van der Waals surface area contributed by atoms with Gasteiger partial charge in [-0.1, -0.05) is 36.4 Å². The summed E-state index contributed by atoms with van der Waals surface area (Å²) in [5.41, 5.74) is 7.27. The lowest BCUT2D eigenvalue weighted by Crippen LogP contribution is -2.46. The van der Waals surface area contributed by atoms with Crippen molar-refractivity contribution in [1.82, 2.24) is 10.2 Å². The van der Waals surface area contributed by atoms with E-state index < -0.39 is 16.9 Å². The number of hydrogen-bond acceptors (Lipinski definition) is 5. The van der Waals surface area contributed by atoms with E-state index in [0.29, 0.717) is 13.1 Å². The normalized spacial score (nSPS) is 19.9. The van der Waals surface area contributed by atoms with E-state index in [9.17, 15) is 19.7 Å². The van der Waals surface area contributed by atoms with Crippen LogP contribution in [-0.2, 0) is 4.79 Å². The fourth-order valence-corrected chi connectivity index (χ4v) is 3.44. The van der Waals surface area contributed by atoms with Crippen LogP contribution in [0.15, 0.2) is 54.6 Å². The lowest BCUT2D eigenvalue weighted by molar-refractivity contribution is -0.384. The van der Waals surface area contributed by atoms with Crippen molar-refractivity contribution >= 4 is 17.5 Å². The third-order valence-electron chi connectivity index (χ3n) is 4.94. The van der Waals surface area contributed by atoms with Crippen LogP contribution in [0.1, 0.15) is 28.8 Å². The zero-order chi connectivity index (χ0) is 20.3. The van der Waals surface area contributed by atoms with Crippen LogP contribution in [-0.4, -0.2) is 46.8 Å². The largest absolute Gasteiger partial charge is 0.341 e. The Labute approximate surface area is 162 Å². The van der Waals surface area contributed by atoms with E-state index >= 15 is 0 Å². The number of amides is 2. The molecule has 2 amide bonds. The molecular formula is C20H22N4O4. The summed E-state index contributed by atoms with van der Waals surface area (Å²) >= 11 is 0. The van der Waals surface area contributed by atoms with Gasteiger partial charge >= 0.3 is 0 Å². The molecule has 8 nitrogen and oxygen atoms in total. The minimum atomic E-state index is -0.770. The van der Waals surface area contributed by atoms with Crippen LogP contribution in [0.4, 0.5) is 5.69 Å². The molecule has 3 N–H and O–H groups in total. The fraction of sp³-hybridized carbons (Fsp3) is 0.300. The molecule has 0 spiro atoms. The van der Waals surface area contributed by atoms with E-state index in [-0.39, 0.29) is 29.1 Å². The number of rotatable bonds is 5. The van der Waals surface area contributed by atoms with Gasteiger partial charge in [0.05, 0.1) is 4.92 Å². The Morgan fingerprint density at radius 2 is 1.89 bits per heavy atom. The molecule has 0 saturated carbocycles. The molecule has 28 heavy (non-hydrogen) atoms. The van der Waals surface area contributed by atoms with Crippen molar-refractivity contribution in [2.24, 2.45) is 5.73 Å². The standard InChI is InChI=1S/C20H22N4O4/c1-13(22-19(25)15-8-5-9-16(10-15)24(27)28)20(26)23-11-17(18(21)12-23)14-6-3-2-4-7-14/h2-10,13,17-18H,11-12,21H2,1H3,(H,22,25)/t13?,17-,18+/m0/s1. The molecule has 0 bridgehead atoms. The number of non-ortho nitro benzene ring substituents is 1. The maximum Gasteiger partial charge on any atom is 0.270 e. The van der Waals surface area contributed by atoms with Gasteiger partial charge in [-0.05, 0) is 18.6 Å². The van der Waals surface area contributed by atoms with Gasteiger partial charge < -0.3 is 16.0 Å². The summed E-state index contributed by atoms with van der Waals surface area (Å²) in [6.45, 7) is 2.50. The summed E-state index contributed by atoms with van der Waals surface area (Å²) in [4.78, 5) is 37.1. The molecule has 2 aromatic carbocycles. The average molecular weight is 382 g/mol. The predicted octanol–water partition coefficient (Wildman–Crippen LogP) is 1.67. The van der Waals surface area contributed by atoms with Crippen LogP contribution >= 0.6 is 0 Å². The van der Waals surface area contributed by atoms with Gasteiger partial charge in [0.15, 0.2) is 0 Å². The Morgan fingerprint density at radius 3 is 2.57 bits per heavy atom. The Bertz CT molecular complexity index is 887. The number of carbonyl (C=O) groups is 2. The number of carbonyl (C=O) groups excluding carboxylic acids is 2. The van der Waals surface area contributed by atoms with Gasteiger partial charge in [0.2, 0.25) is 5.91 Å². The summed E-state index contributed by atoms with van der Waals surface area (Å²) in [7, 11) is 0. The van der Waals surface area contributed by atoms with Crippen molar-refractivity contribution in [2.75, 3.05) is 13.1 Å². The number of nitrogens with one attached hydrogen (secondary N) is 1. The summed E-state index contributed by atoms with van der Waals surface area (Å²) in [5.74, 6) is -0.717. The van der Waals surface area contributed by atoms with Crippen LogP contribution in [0.3, 0.4) is 0 Å². The second-order valence-electron chi connectivity index (χ2n) is 6.93. The Balaban J connectivity index is 1.64. The van der Waals surface area contributed by atoms with E-state index in [1.165, 1.54) is 24.3 Å². The van der Waals surface area contributed by atoms with Gasteiger partial charge in [-0.15, -0.1) is 0 Å². The Kier molecular flexibility index (Phi) is 5.70. The van der Waals surface area contributed by atoms with Crippen LogP contribution < -0.4 is 11.1 Å². The zero-order valence-corrected chi connectivity index (χ0v) is 15.4. The van der Waals surface area contributed by atoms with E-state index in [2.05, 4.69) is 5.32 Å². The highest BCUT2D eigenvalue weighted by Gasteiger charge is 2.35. The molecule has 1 saturated heterocycles. The molecule has 0 radical (unpaired) electrons. The van der Waals surface area contributed by atoms with Crippen molar-refractivity contribution < 1.29 is 14.5 Å². The zero-order valence-electron chi connectivity index (χ0n) is 15.4. The van der Waals surface area contributed by atoms with Crippen molar-refractivity contribution in [3.63, 3.8) is 0 Å². The lowest BCUT2D eigenvalue weighted by atomic mass is 9.95. The van der Waals surface area contributed by atoms with Gasteiger partial charge in [0, 0.05) is 42.7 Å². The highest BCUT2D eigenvalue weighted by molar-refractivity contribution is 5.97. The highest BCUT2D eigenvalue weighted by Crippen LogP contribution is 2.26. The molecule has 3 atom stereocenters. The first-order chi connectivity index (χ1) is 13.4. The fourth-order valence-electron chi connectivity index (χ4n) is 3.44. The monoisotopic (exact) mass is 382 g/mol. The number of hydrogen-bond donors (Lipinski definition) is 2. The van der Waals surface area contributed by atoms with Crippen LogP contribution in [0.5, 0.6) is 0 Å². The van der Waals surface area contributed by atoms with Crippen LogP contribution in [0.25, 0.3) is 0 Å². The summed E-state index contributed by atoms with van der Waals surface area (Å²) in [6, 6.07) is 14.2. The second kappa shape index (κ2) is 8.18. The van der Waals surface area contributed by atoms with Gasteiger partial charge in [-0.3, -0.25) is 19.7 Å². The van der Waals surface area contributed by atoms with E-state index in [0.717, 1.165) is 5.56 Å². The molecule has 3 rings (SSSR count). The number of likely N-dealkylation sites (tertiary alicyclic amines) is 1. The van der Waals surface area contributed by atoms with Crippen molar-refractivity contribution in [3.05, 3.63) is 75.8 Å². The van der Waals surface area contributed by atoms with Gasteiger partial charge in [-0.2, -0.15) is 0 Å². The molecular weight excluding hydrogens is 360 g/mol. The lowest BCUT2D eigenvalue weighted by Gasteiger charge is -2.21. The van der Waals surface area contributed by atoms with E-state index in [1.807, 2.05) is 30.3 Å². The third kappa shape index (κ3) is 4.17. The van der Waals surface area contributed by atoms with Gasteiger partial charge in [0.1, 0.15) is 6.04 Å². The molecule has 2 aromatic rings. The molecule has 1 aliphatic heterocycles. The number of nitrogens with two attached hydrogens (primary N) is 1. The van der Waals surface area contributed by atoms with Crippen molar-refractivity contribution in [1.29, 1.82) is 0 Å². The first-order valence-electron chi connectivity index (χ1n) is 9.01. The maximum absolute atomic E-state index is 12.8. The topological polar surface area (TPSA) is 119 Å². The van der Waals surface area contributed by atoms with Gasteiger partial charge in [-0.25, -0.2) is 0 Å². The third-order valence-corrected chi connectivity index (χ3v) is 4.94. The second-order valence-corrected chi connectivity index (χ2v) is 6.93.